The van der Waals surface area contributed by atoms with E-state index in [1.165, 1.54) is 6.07 Å². The Bertz CT molecular complexity index is 781. The molecule has 3 rings (SSSR count). The minimum absolute atomic E-state index is 0.112. The van der Waals surface area contributed by atoms with E-state index in [2.05, 4.69) is 6.58 Å². The first-order valence-electron chi connectivity index (χ1n) is 7.15. The van der Waals surface area contributed by atoms with Crippen LogP contribution in [-0.2, 0) is 6.42 Å². The highest BCUT2D eigenvalue weighted by Crippen LogP contribution is 2.45. The molecular formula is C18H15ClO4. The molecule has 2 aromatic carbocycles. The molecule has 1 aliphatic rings. The number of phenolic OH excluding ortho intramolecular Hbond substituents is 2. The first-order chi connectivity index (χ1) is 11.0. The van der Waals surface area contributed by atoms with Crippen LogP contribution in [0.25, 0.3) is 0 Å². The van der Waals surface area contributed by atoms with Crippen molar-refractivity contribution in [3.05, 3.63) is 64.7 Å². The molecule has 1 aliphatic heterocycles. The molecule has 0 saturated carbocycles. The summed E-state index contributed by atoms with van der Waals surface area (Å²) in [5.74, 6) is -0.400. The van der Waals surface area contributed by atoms with E-state index >= 15 is 0 Å². The number of phenols is 2. The van der Waals surface area contributed by atoms with Crippen molar-refractivity contribution in [2.75, 3.05) is 0 Å². The summed E-state index contributed by atoms with van der Waals surface area (Å²) in [4.78, 5) is 12.5. The number of aromatic hydroxyl groups is 2. The van der Waals surface area contributed by atoms with E-state index in [1.54, 1.807) is 30.3 Å². The number of benzene rings is 2. The number of fused-ring (bicyclic) bond motifs is 1. The number of Topliss-reactive ketones (excluding diaryl/α,β-unsaturated/α-hetero) is 1. The fraction of sp³-hybridized carbons (Fsp3) is 0.167. The maximum Gasteiger partial charge on any atom is 0.174 e. The van der Waals surface area contributed by atoms with E-state index in [-0.39, 0.29) is 35.0 Å². The molecule has 2 aromatic rings. The minimum Gasteiger partial charge on any atom is -0.507 e. The quantitative estimate of drug-likeness (QED) is 0.828. The number of carbonyl (C=O) groups excluding carboxylic acids is 1. The SMILES string of the molecule is C=CCc1c(O)cc(O)c2c1OC(c1ccc(Cl)cc1)CC2=O. The maximum atomic E-state index is 12.5. The average molecular weight is 331 g/mol. The molecule has 0 bridgehead atoms. The molecule has 1 unspecified atom stereocenters. The number of ketones is 1. The monoisotopic (exact) mass is 330 g/mol. The Hall–Kier alpha value is -2.46. The predicted molar refractivity (Wildman–Crippen MR) is 87.4 cm³/mol. The zero-order valence-electron chi connectivity index (χ0n) is 12.3. The summed E-state index contributed by atoms with van der Waals surface area (Å²) in [6.45, 7) is 3.65. The lowest BCUT2D eigenvalue weighted by Gasteiger charge is -2.28. The van der Waals surface area contributed by atoms with Gasteiger partial charge in [0.2, 0.25) is 0 Å². The zero-order valence-corrected chi connectivity index (χ0v) is 13.0. The van der Waals surface area contributed by atoms with Crippen LogP contribution in [0.2, 0.25) is 5.02 Å². The second kappa shape index (κ2) is 5.97. The van der Waals surface area contributed by atoms with Crippen LogP contribution >= 0.6 is 11.6 Å². The molecule has 1 atom stereocenters. The average Bonchev–Trinajstić information content (AvgIpc) is 2.51. The summed E-state index contributed by atoms with van der Waals surface area (Å²) in [5.41, 5.74) is 1.37. The van der Waals surface area contributed by atoms with Crippen molar-refractivity contribution in [3.63, 3.8) is 0 Å². The molecule has 0 amide bonds. The van der Waals surface area contributed by atoms with Gasteiger partial charge < -0.3 is 14.9 Å². The van der Waals surface area contributed by atoms with Gasteiger partial charge in [0.25, 0.3) is 0 Å². The van der Waals surface area contributed by atoms with E-state index in [1.807, 2.05) is 0 Å². The van der Waals surface area contributed by atoms with Crippen molar-refractivity contribution in [1.82, 2.24) is 0 Å². The Morgan fingerprint density at radius 2 is 1.96 bits per heavy atom. The number of hydrogen-bond acceptors (Lipinski definition) is 4. The molecule has 118 valence electrons. The van der Waals surface area contributed by atoms with Crippen molar-refractivity contribution < 1.29 is 19.7 Å². The second-order valence-electron chi connectivity index (χ2n) is 5.38. The molecule has 1 heterocycles. The van der Waals surface area contributed by atoms with Crippen molar-refractivity contribution in [3.8, 4) is 17.2 Å². The highest BCUT2D eigenvalue weighted by Gasteiger charge is 2.33. The Kier molecular flexibility index (Phi) is 4.01. The zero-order chi connectivity index (χ0) is 16.6. The highest BCUT2D eigenvalue weighted by atomic mass is 35.5. The van der Waals surface area contributed by atoms with Gasteiger partial charge in [-0.05, 0) is 24.1 Å². The molecule has 4 nitrogen and oxygen atoms in total. The molecule has 5 heteroatoms. The largest absolute Gasteiger partial charge is 0.507 e. The molecule has 0 spiro atoms. The molecule has 23 heavy (non-hydrogen) atoms. The van der Waals surface area contributed by atoms with E-state index in [0.29, 0.717) is 17.0 Å². The first kappa shape index (κ1) is 15.4. The van der Waals surface area contributed by atoms with Gasteiger partial charge in [-0.2, -0.15) is 0 Å². The third-order valence-electron chi connectivity index (χ3n) is 3.84. The van der Waals surface area contributed by atoms with E-state index in [4.69, 9.17) is 16.3 Å². The Morgan fingerprint density at radius 1 is 1.26 bits per heavy atom. The Balaban J connectivity index is 2.08. The van der Waals surface area contributed by atoms with Gasteiger partial charge >= 0.3 is 0 Å². The van der Waals surface area contributed by atoms with Crippen LogP contribution in [-0.4, -0.2) is 16.0 Å². The molecule has 0 radical (unpaired) electrons. The summed E-state index contributed by atoms with van der Waals surface area (Å²) in [6.07, 6.45) is 1.55. The third kappa shape index (κ3) is 2.78. The lowest BCUT2D eigenvalue weighted by atomic mass is 9.92. The number of rotatable bonds is 3. The van der Waals surface area contributed by atoms with Gasteiger partial charge in [-0.3, -0.25) is 4.79 Å². The van der Waals surface area contributed by atoms with Crippen molar-refractivity contribution in [2.24, 2.45) is 0 Å². The van der Waals surface area contributed by atoms with Gasteiger partial charge in [0.1, 0.15) is 28.9 Å². The number of carbonyl (C=O) groups is 1. The van der Waals surface area contributed by atoms with E-state index in [9.17, 15) is 15.0 Å². The van der Waals surface area contributed by atoms with Crippen molar-refractivity contribution in [1.29, 1.82) is 0 Å². The van der Waals surface area contributed by atoms with Crippen LogP contribution in [0.3, 0.4) is 0 Å². The highest BCUT2D eigenvalue weighted by molar-refractivity contribution is 6.30. The summed E-state index contributed by atoms with van der Waals surface area (Å²) >= 11 is 5.88. The first-order valence-corrected chi connectivity index (χ1v) is 7.53. The molecule has 0 fully saturated rings. The van der Waals surface area contributed by atoms with Gasteiger partial charge in [0.05, 0.1) is 6.42 Å². The standard InChI is InChI=1S/C18H15ClO4/c1-2-3-12-13(20)8-14(21)17-15(22)9-16(23-18(12)17)10-4-6-11(19)7-5-10/h2,4-8,16,20-21H,1,3,9H2. The number of halogens is 1. The summed E-state index contributed by atoms with van der Waals surface area (Å²) < 4.78 is 5.94. The molecular weight excluding hydrogens is 316 g/mol. The van der Waals surface area contributed by atoms with Crippen LogP contribution < -0.4 is 4.74 Å². The van der Waals surface area contributed by atoms with Gasteiger partial charge in [-0.25, -0.2) is 0 Å². The normalized spacial score (nSPS) is 16.6. The number of ether oxygens (including phenoxy) is 1. The topological polar surface area (TPSA) is 66.8 Å². The van der Waals surface area contributed by atoms with Crippen molar-refractivity contribution in [2.45, 2.75) is 18.9 Å². The fourth-order valence-electron chi connectivity index (χ4n) is 2.73. The Labute approximate surface area is 138 Å². The van der Waals surface area contributed by atoms with Crippen LogP contribution in [0.15, 0.2) is 43.0 Å². The minimum atomic E-state index is -0.489. The lowest BCUT2D eigenvalue weighted by Crippen LogP contribution is -2.21. The number of allylic oxidation sites excluding steroid dienone is 1. The number of hydrogen-bond donors (Lipinski definition) is 2. The third-order valence-corrected chi connectivity index (χ3v) is 4.09. The molecule has 0 aromatic heterocycles. The smallest absolute Gasteiger partial charge is 0.174 e. The van der Waals surface area contributed by atoms with Gasteiger partial charge in [-0.1, -0.05) is 29.8 Å². The molecule has 2 N–H and O–H groups in total. The molecule has 0 saturated heterocycles. The predicted octanol–water partition coefficient (Wildman–Crippen LogP) is 4.19. The van der Waals surface area contributed by atoms with E-state index < -0.39 is 6.10 Å². The van der Waals surface area contributed by atoms with Gasteiger partial charge in [0.15, 0.2) is 5.78 Å². The lowest BCUT2D eigenvalue weighted by molar-refractivity contribution is 0.0842. The fourth-order valence-corrected chi connectivity index (χ4v) is 2.86. The van der Waals surface area contributed by atoms with Crippen molar-refractivity contribution >= 4 is 17.4 Å². The summed E-state index contributed by atoms with van der Waals surface area (Å²) in [5, 5.41) is 20.6. The van der Waals surface area contributed by atoms with Crippen LogP contribution in [0.1, 0.15) is 34.0 Å². The molecule has 0 aliphatic carbocycles. The van der Waals surface area contributed by atoms with Crippen LogP contribution in [0.4, 0.5) is 0 Å². The second-order valence-corrected chi connectivity index (χ2v) is 5.81. The Morgan fingerprint density at radius 3 is 2.61 bits per heavy atom. The van der Waals surface area contributed by atoms with Gasteiger partial charge in [-0.15, -0.1) is 6.58 Å². The van der Waals surface area contributed by atoms with Crippen LogP contribution in [0.5, 0.6) is 17.2 Å². The van der Waals surface area contributed by atoms with E-state index in [0.717, 1.165) is 5.56 Å². The van der Waals surface area contributed by atoms with Crippen LogP contribution in [0, 0.1) is 0 Å². The maximum absolute atomic E-state index is 12.5. The summed E-state index contributed by atoms with van der Waals surface area (Å²) in [7, 11) is 0. The van der Waals surface area contributed by atoms with Gasteiger partial charge in [0, 0.05) is 16.7 Å². The summed E-state index contributed by atoms with van der Waals surface area (Å²) in [6, 6.07) is 8.21.